The summed E-state index contributed by atoms with van der Waals surface area (Å²) in [5.74, 6) is 0.507. The molecule has 2 aromatic carbocycles. The number of rotatable bonds is 5. The second-order valence-electron chi connectivity index (χ2n) is 4.35. The summed E-state index contributed by atoms with van der Waals surface area (Å²) < 4.78 is 5.34. The van der Waals surface area contributed by atoms with E-state index in [1.807, 2.05) is 37.3 Å². The number of hydrogen-bond donors (Lipinski definition) is 1. The molecule has 0 aromatic heterocycles. The van der Waals surface area contributed by atoms with Crippen molar-refractivity contribution in [1.29, 1.82) is 0 Å². The van der Waals surface area contributed by atoms with E-state index in [9.17, 15) is 10.1 Å². The minimum atomic E-state index is -0.404. The molecule has 0 amide bonds. The molecule has 0 saturated heterocycles. The van der Waals surface area contributed by atoms with Crippen molar-refractivity contribution in [2.45, 2.75) is 16.7 Å². The number of nitro groups is 1. The summed E-state index contributed by atoms with van der Waals surface area (Å²) in [7, 11) is 3.20. The van der Waals surface area contributed by atoms with Crippen LogP contribution < -0.4 is 10.1 Å². The van der Waals surface area contributed by atoms with Crippen LogP contribution in [0.15, 0.2) is 46.2 Å². The minimum Gasteiger partial charge on any atom is -0.495 e. The molecule has 1 N–H and O–H groups in total. The number of nitrogens with zero attached hydrogens (tertiary/aromatic N) is 1. The molecule has 2 rings (SSSR count). The second kappa shape index (κ2) is 6.49. The number of hydrogen-bond acceptors (Lipinski definition) is 5. The van der Waals surface area contributed by atoms with Crippen LogP contribution in [0.25, 0.3) is 0 Å². The summed E-state index contributed by atoms with van der Waals surface area (Å²) in [5, 5.41) is 14.1. The van der Waals surface area contributed by atoms with E-state index in [-0.39, 0.29) is 5.69 Å². The standard InChI is InChI=1S/C15H16N2O3S/c1-10-14(16-2)12(17(18)19)9-13(20-3)15(10)21-11-7-5-4-6-8-11/h4-9,16H,1-3H3. The third-order valence-electron chi connectivity index (χ3n) is 3.09. The lowest BCUT2D eigenvalue weighted by molar-refractivity contribution is -0.384. The monoisotopic (exact) mass is 304 g/mol. The smallest absolute Gasteiger partial charge is 0.296 e. The maximum Gasteiger partial charge on any atom is 0.296 e. The van der Waals surface area contributed by atoms with Gasteiger partial charge in [-0.25, -0.2) is 0 Å². The number of nitrogens with one attached hydrogen (secondary N) is 1. The van der Waals surface area contributed by atoms with Crippen molar-refractivity contribution in [3.8, 4) is 5.75 Å². The van der Waals surface area contributed by atoms with Crippen LogP contribution in [0, 0.1) is 17.0 Å². The Bertz CT molecular complexity index is 660. The van der Waals surface area contributed by atoms with E-state index in [1.165, 1.54) is 24.9 Å². The van der Waals surface area contributed by atoms with Gasteiger partial charge in [-0.15, -0.1) is 0 Å². The van der Waals surface area contributed by atoms with Crippen molar-refractivity contribution >= 4 is 23.1 Å². The number of methoxy groups -OCH3 is 1. The van der Waals surface area contributed by atoms with Crippen molar-refractivity contribution in [3.05, 3.63) is 52.1 Å². The molecule has 0 atom stereocenters. The molecular weight excluding hydrogens is 288 g/mol. The first kappa shape index (κ1) is 15.2. The zero-order valence-corrected chi connectivity index (χ0v) is 12.9. The molecule has 2 aromatic rings. The van der Waals surface area contributed by atoms with Crippen LogP contribution in [0.3, 0.4) is 0 Å². The fourth-order valence-corrected chi connectivity index (χ4v) is 3.12. The summed E-state index contributed by atoms with van der Waals surface area (Å²) in [6.45, 7) is 1.85. The minimum absolute atomic E-state index is 0.0178. The van der Waals surface area contributed by atoms with E-state index in [4.69, 9.17) is 4.74 Å². The first-order valence-electron chi connectivity index (χ1n) is 6.35. The van der Waals surface area contributed by atoms with Gasteiger partial charge in [0.2, 0.25) is 0 Å². The third kappa shape index (κ3) is 3.11. The van der Waals surface area contributed by atoms with Gasteiger partial charge in [0.1, 0.15) is 11.4 Å². The predicted octanol–water partition coefficient (Wildman–Crippen LogP) is 4.10. The summed E-state index contributed by atoms with van der Waals surface area (Å²) >= 11 is 1.53. The van der Waals surface area contributed by atoms with Gasteiger partial charge in [-0.3, -0.25) is 10.1 Å². The van der Waals surface area contributed by atoms with Crippen LogP contribution >= 0.6 is 11.8 Å². The van der Waals surface area contributed by atoms with Crippen molar-refractivity contribution in [2.24, 2.45) is 0 Å². The van der Waals surface area contributed by atoms with Gasteiger partial charge in [0.05, 0.1) is 23.0 Å². The van der Waals surface area contributed by atoms with Crippen LogP contribution in [0.2, 0.25) is 0 Å². The van der Waals surface area contributed by atoms with E-state index in [1.54, 1.807) is 7.05 Å². The molecule has 0 fully saturated rings. The fraction of sp³-hybridized carbons (Fsp3) is 0.200. The highest BCUT2D eigenvalue weighted by molar-refractivity contribution is 7.99. The Labute approximate surface area is 127 Å². The molecule has 0 radical (unpaired) electrons. The van der Waals surface area contributed by atoms with Crippen molar-refractivity contribution < 1.29 is 9.66 Å². The Balaban J connectivity index is 2.57. The van der Waals surface area contributed by atoms with Crippen molar-refractivity contribution in [2.75, 3.05) is 19.5 Å². The van der Waals surface area contributed by atoms with Gasteiger partial charge in [-0.1, -0.05) is 30.0 Å². The maximum atomic E-state index is 11.2. The molecule has 0 unspecified atom stereocenters. The molecule has 0 bridgehead atoms. The van der Waals surface area contributed by atoms with E-state index < -0.39 is 4.92 Å². The lowest BCUT2D eigenvalue weighted by Crippen LogP contribution is -2.02. The topological polar surface area (TPSA) is 64.4 Å². The SMILES string of the molecule is CNc1c([N+](=O)[O-])cc(OC)c(Sc2ccccc2)c1C. The number of ether oxygens (including phenoxy) is 1. The molecular formula is C15H16N2O3S. The van der Waals surface area contributed by atoms with Gasteiger partial charge in [0.15, 0.2) is 0 Å². The van der Waals surface area contributed by atoms with Gasteiger partial charge in [-0.05, 0) is 24.6 Å². The summed E-state index contributed by atoms with van der Waals surface area (Å²) in [6, 6.07) is 11.3. The number of benzene rings is 2. The highest BCUT2D eigenvalue weighted by atomic mass is 32.2. The van der Waals surface area contributed by atoms with E-state index in [0.717, 1.165) is 15.4 Å². The van der Waals surface area contributed by atoms with E-state index in [0.29, 0.717) is 11.4 Å². The average Bonchev–Trinajstić information content (AvgIpc) is 2.49. The molecule has 0 spiro atoms. The first-order valence-corrected chi connectivity index (χ1v) is 7.16. The molecule has 0 aliphatic carbocycles. The lowest BCUT2D eigenvalue weighted by atomic mass is 10.1. The zero-order chi connectivity index (χ0) is 15.4. The fourth-order valence-electron chi connectivity index (χ4n) is 2.10. The Morgan fingerprint density at radius 3 is 2.48 bits per heavy atom. The van der Waals surface area contributed by atoms with Crippen molar-refractivity contribution in [3.63, 3.8) is 0 Å². The van der Waals surface area contributed by atoms with Gasteiger partial charge in [0.25, 0.3) is 5.69 Å². The van der Waals surface area contributed by atoms with Gasteiger partial charge in [0, 0.05) is 11.9 Å². The van der Waals surface area contributed by atoms with E-state index in [2.05, 4.69) is 5.32 Å². The largest absolute Gasteiger partial charge is 0.495 e. The molecule has 110 valence electrons. The summed E-state index contributed by atoms with van der Waals surface area (Å²) in [4.78, 5) is 12.7. The molecule has 5 nitrogen and oxygen atoms in total. The number of anilines is 1. The molecule has 0 aliphatic rings. The van der Waals surface area contributed by atoms with Crippen LogP contribution in [-0.4, -0.2) is 19.1 Å². The predicted molar refractivity (Wildman–Crippen MR) is 84.5 cm³/mol. The maximum absolute atomic E-state index is 11.2. The van der Waals surface area contributed by atoms with Crippen LogP contribution in [0.4, 0.5) is 11.4 Å². The molecule has 6 heteroatoms. The Morgan fingerprint density at radius 2 is 1.95 bits per heavy atom. The molecule has 0 heterocycles. The summed E-state index contributed by atoms with van der Waals surface area (Å²) in [6.07, 6.45) is 0. The average molecular weight is 304 g/mol. The van der Waals surface area contributed by atoms with Crippen LogP contribution in [0.5, 0.6) is 5.75 Å². The molecule has 0 saturated carbocycles. The highest BCUT2D eigenvalue weighted by Crippen LogP contribution is 2.44. The Morgan fingerprint density at radius 1 is 1.29 bits per heavy atom. The molecule has 21 heavy (non-hydrogen) atoms. The van der Waals surface area contributed by atoms with Gasteiger partial charge < -0.3 is 10.1 Å². The summed E-state index contributed by atoms with van der Waals surface area (Å²) in [5.41, 5.74) is 1.33. The van der Waals surface area contributed by atoms with E-state index >= 15 is 0 Å². The Hall–Kier alpha value is -2.21. The van der Waals surface area contributed by atoms with Gasteiger partial charge >= 0.3 is 0 Å². The van der Waals surface area contributed by atoms with Crippen LogP contribution in [-0.2, 0) is 0 Å². The van der Waals surface area contributed by atoms with Crippen LogP contribution in [0.1, 0.15) is 5.56 Å². The van der Waals surface area contributed by atoms with Crippen molar-refractivity contribution in [1.82, 2.24) is 0 Å². The van der Waals surface area contributed by atoms with Gasteiger partial charge in [-0.2, -0.15) is 0 Å². The zero-order valence-electron chi connectivity index (χ0n) is 12.0. The first-order chi connectivity index (χ1) is 10.1. The quantitative estimate of drug-likeness (QED) is 0.665. The normalized spacial score (nSPS) is 10.2. The lowest BCUT2D eigenvalue weighted by Gasteiger charge is -2.15. The third-order valence-corrected chi connectivity index (χ3v) is 4.31. The second-order valence-corrected chi connectivity index (χ2v) is 5.43. The highest BCUT2D eigenvalue weighted by Gasteiger charge is 2.22. The molecule has 0 aliphatic heterocycles. The number of nitro benzene ring substituents is 1. The Kier molecular flexibility index (Phi) is 4.70.